The molecule has 3 saturated heterocycles. The largest absolute Gasteiger partial charge is 0.335 e. The van der Waals surface area contributed by atoms with E-state index in [2.05, 4.69) is 33.9 Å². The Bertz CT molecular complexity index is 456. The van der Waals surface area contributed by atoms with Crippen molar-refractivity contribution in [3.05, 3.63) is 0 Å². The summed E-state index contributed by atoms with van der Waals surface area (Å²) >= 11 is 0. The van der Waals surface area contributed by atoms with Crippen molar-refractivity contribution in [1.29, 1.82) is 0 Å². The number of rotatable bonds is 3. The van der Waals surface area contributed by atoms with Crippen molar-refractivity contribution in [2.75, 3.05) is 26.2 Å². The Morgan fingerprint density at radius 1 is 0.875 bits per heavy atom. The van der Waals surface area contributed by atoms with Gasteiger partial charge >= 0.3 is 6.03 Å². The highest BCUT2D eigenvalue weighted by atomic mass is 16.2. The molecule has 4 fully saturated rings. The van der Waals surface area contributed by atoms with E-state index in [1.807, 2.05) is 0 Å². The van der Waals surface area contributed by atoms with E-state index in [-0.39, 0.29) is 6.03 Å². The summed E-state index contributed by atoms with van der Waals surface area (Å²) in [5, 5.41) is 3.34. The molecule has 2 atom stereocenters. The quantitative estimate of drug-likeness (QED) is 0.860. The number of nitrogens with zero attached hydrogens (tertiary/aromatic N) is 3. The van der Waals surface area contributed by atoms with Crippen molar-refractivity contribution in [2.45, 2.75) is 89.0 Å². The number of hydrogen-bond acceptors (Lipinski definition) is 3. The summed E-state index contributed by atoms with van der Waals surface area (Å²) in [7, 11) is 0. The Hall–Kier alpha value is -0.810. The highest BCUT2D eigenvalue weighted by Crippen LogP contribution is 2.32. The molecule has 4 rings (SSSR count). The van der Waals surface area contributed by atoms with E-state index in [9.17, 15) is 4.79 Å². The molecule has 3 aliphatic heterocycles. The van der Waals surface area contributed by atoms with Crippen LogP contribution in [0.4, 0.5) is 4.79 Å². The molecule has 5 heteroatoms. The minimum absolute atomic E-state index is 0.191. The van der Waals surface area contributed by atoms with Crippen molar-refractivity contribution in [3.8, 4) is 0 Å². The first kappa shape index (κ1) is 16.6. The highest BCUT2D eigenvalue weighted by Gasteiger charge is 2.40. The summed E-state index contributed by atoms with van der Waals surface area (Å²) in [6.07, 6.45) is 8.74. The van der Waals surface area contributed by atoms with Crippen LogP contribution in [0.25, 0.3) is 0 Å². The minimum atomic E-state index is 0.191. The minimum Gasteiger partial charge on any atom is -0.335 e. The molecule has 0 aromatic heterocycles. The Labute approximate surface area is 146 Å². The molecule has 0 unspecified atom stereocenters. The van der Waals surface area contributed by atoms with Gasteiger partial charge in [-0.25, -0.2) is 4.79 Å². The van der Waals surface area contributed by atoms with Crippen molar-refractivity contribution in [3.63, 3.8) is 0 Å². The van der Waals surface area contributed by atoms with Crippen molar-refractivity contribution < 1.29 is 4.79 Å². The maximum atomic E-state index is 12.8. The fourth-order valence-corrected chi connectivity index (χ4v) is 5.25. The lowest BCUT2D eigenvalue weighted by molar-refractivity contribution is 0.143. The molecule has 136 valence electrons. The zero-order valence-corrected chi connectivity index (χ0v) is 15.4. The predicted molar refractivity (Wildman–Crippen MR) is 96.1 cm³/mol. The average molecular weight is 335 g/mol. The van der Waals surface area contributed by atoms with Gasteiger partial charge in [-0.05, 0) is 58.8 Å². The lowest BCUT2D eigenvalue weighted by atomic mass is 10.0. The topological polar surface area (TPSA) is 38.8 Å². The van der Waals surface area contributed by atoms with E-state index in [0.717, 1.165) is 38.4 Å². The molecule has 0 radical (unpaired) electrons. The van der Waals surface area contributed by atoms with Crippen molar-refractivity contribution >= 4 is 6.03 Å². The van der Waals surface area contributed by atoms with Gasteiger partial charge in [-0.3, -0.25) is 4.90 Å². The number of nitrogens with one attached hydrogen (secondary N) is 1. The highest BCUT2D eigenvalue weighted by molar-refractivity contribution is 5.74. The molecular formula is C19H34N4O. The Morgan fingerprint density at radius 2 is 1.54 bits per heavy atom. The van der Waals surface area contributed by atoms with E-state index in [1.165, 1.54) is 38.8 Å². The summed E-state index contributed by atoms with van der Waals surface area (Å²) in [6.45, 7) is 8.78. The van der Waals surface area contributed by atoms with E-state index in [1.54, 1.807) is 0 Å². The van der Waals surface area contributed by atoms with Crippen LogP contribution in [0.3, 0.4) is 0 Å². The van der Waals surface area contributed by atoms with Crippen molar-refractivity contribution in [1.82, 2.24) is 20.0 Å². The van der Waals surface area contributed by atoms with Crippen molar-refractivity contribution in [2.24, 2.45) is 0 Å². The lowest BCUT2D eigenvalue weighted by Crippen LogP contribution is -2.51. The van der Waals surface area contributed by atoms with Crippen LogP contribution >= 0.6 is 0 Å². The number of carbonyl (C=O) groups excluding carboxylic acids is 1. The fourth-order valence-electron chi connectivity index (χ4n) is 5.25. The standard InChI is InChI=1S/C19H34N4O/c1-14(2)23-17-5-6-18(23)13-22(12-9-17)19(24)20-15-7-10-21(11-8-15)16-3-4-16/h14-18H,3-13H2,1-2H3,(H,20,24)/t17-,18-/m0/s1. The van der Waals surface area contributed by atoms with Crippen LogP contribution in [-0.2, 0) is 0 Å². The molecule has 1 N–H and O–H groups in total. The van der Waals surface area contributed by atoms with Gasteiger partial charge in [0.2, 0.25) is 0 Å². The smallest absolute Gasteiger partial charge is 0.317 e. The van der Waals surface area contributed by atoms with Gasteiger partial charge in [0.25, 0.3) is 0 Å². The number of urea groups is 1. The molecule has 24 heavy (non-hydrogen) atoms. The number of carbonyl (C=O) groups is 1. The lowest BCUT2D eigenvalue weighted by Gasteiger charge is -2.34. The number of fused-ring (bicyclic) bond motifs is 2. The molecule has 0 aromatic rings. The number of likely N-dealkylation sites (tertiary alicyclic amines) is 2. The second-order valence-electron chi connectivity index (χ2n) is 8.65. The summed E-state index contributed by atoms with van der Waals surface area (Å²) in [5.74, 6) is 0. The molecule has 2 amide bonds. The van der Waals surface area contributed by atoms with E-state index >= 15 is 0 Å². The molecule has 2 bridgehead atoms. The molecule has 3 heterocycles. The average Bonchev–Trinajstić information content (AvgIpc) is 3.32. The second kappa shape index (κ2) is 6.83. The molecule has 4 aliphatic rings. The monoisotopic (exact) mass is 334 g/mol. The molecule has 5 nitrogen and oxygen atoms in total. The van der Waals surface area contributed by atoms with Crippen LogP contribution in [-0.4, -0.2) is 77.1 Å². The summed E-state index contributed by atoms with van der Waals surface area (Å²) < 4.78 is 0. The summed E-state index contributed by atoms with van der Waals surface area (Å²) in [4.78, 5) is 20.2. The second-order valence-corrected chi connectivity index (χ2v) is 8.65. The SMILES string of the molecule is CC(C)N1[C@H]2CC[C@H]1CN(C(=O)NC1CCN(C3CC3)CC1)CC2. The normalized spacial score (nSPS) is 33.0. The van der Waals surface area contributed by atoms with Gasteiger partial charge < -0.3 is 15.1 Å². The summed E-state index contributed by atoms with van der Waals surface area (Å²) in [6, 6.07) is 3.29. The molecular weight excluding hydrogens is 300 g/mol. The van der Waals surface area contributed by atoms with Crippen LogP contribution < -0.4 is 5.32 Å². The third kappa shape index (κ3) is 3.43. The first-order valence-electron chi connectivity index (χ1n) is 10.2. The maximum Gasteiger partial charge on any atom is 0.317 e. The number of amides is 2. The third-order valence-electron chi connectivity index (χ3n) is 6.64. The molecule has 0 spiro atoms. The first-order chi connectivity index (χ1) is 11.6. The summed E-state index contributed by atoms with van der Waals surface area (Å²) in [5.41, 5.74) is 0. The van der Waals surface area contributed by atoms with Crippen LogP contribution in [0.5, 0.6) is 0 Å². The van der Waals surface area contributed by atoms with Gasteiger partial charge in [0.15, 0.2) is 0 Å². The van der Waals surface area contributed by atoms with E-state index in [0.29, 0.717) is 24.2 Å². The van der Waals surface area contributed by atoms with Gasteiger partial charge in [-0.1, -0.05) is 0 Å². The third-order valence-corrected chi connectivity index (χ3v) is 6.64. The Kier molecular flexibility index (Phi) is 4.74. The van der Waals surface area contributed by atoms with Gasteiger partial charge in [0, 0.05) is 56.4 Å². The fraction of sp³-hybridized carbons (Fsp3) is 0.947. The molecule has 1 aliphatic carbocycles. The maximum absolute atomic E-state index is 12.8. The van der Waals surface area contributed by atoms with Crippen LogP contribution in [0.1, 0.15) is 58.8 Å². The van der Waals surface area contributed by atoms with Gasteiger partial charge in [0.05, 0.1) is 0 Å². The van der Waals surface area contributed by atoms with E-state index < -0.39 is 0 Å². The zero-order valence-electron chi connectivity index (χ0n) is 15.4. The Balaban J connectivity index is 1.29. The molecule has 1 saturated carbocycles. The zero-order chi connectivity index (χ0) is 16.7. The van der Waals surface area contributed by atoms with Gasteiger partial charge in [-0.2, -0.15) is 0 Å². The molecule has 0 aromatic carbocycles. The Morgan fingerprint density at radius 3 is 2.21 bits per heavy atom. The van der Waals surface area contributed by atoms with Crippen LogP contribution in [0, 0.1) is 0 Å². The van der Waals surface area contributed by atoms with E-state index in [4.69, 9.17) is 0 Å². The van der Waals surface area contributed by atoms with Gasteiger partial charge in [-0.15, -0.1) is 0 Å². The van der Waals surface area contributed by atoms with Crippen LogP contribution in [0.15, 0.2) is 0 Å². The number of hydrogen-bond donors (Lipinski definition) is 1. The predicted octanol–water partition coefficient (Wildman–Crippen LogP) is 2.27. The number of piperidine rings is 1. The first-order valence-corrected chi connectivity index (χ1v) is 10.2. The van der Waals surface area contributed by atoms with Crippen LogP contribution in [0.2, 0.25) is 0 Å². The van der Waals surface area contributed by atoms with Gasteiger partial charge in [0.1, 0.15) is 0 Å².